The van der Waals surface area contributed by atoms with Crippen LogP contribution in [-0.2, 0) is 10.6 Å². The van der Waals surface area contributed by atoms with E-state index in [0.29, 0.717) is 16.9 Å². The van der Waals surface area contributed by atoms with Gasteiger partial charge in [-0.3, -0.25) is 0 Å². The first kappa shape index (κ1) is 12.9. The maximum Gasteiger partial charge on any atom is 0.128 e. The Bertz CT molecular complexity index is 381. The molecule has 0 atom stereocenters. The number of rotatable bonds is 3. The minimum Gasteiger partial charge on any atom is -0.381 e. The highest BCUT2D eigenvalue weighted by Crippen LogP contribution is 2.23. The van der Waals surface area contributed by atoms with E-state index in [2.05, 4.69) is 16.9 Å². The number of aromatic nitrogens is 1. The molecule has 0 saturated carbocycles. The molecule has 0 spiro atoms. The maximum atomic E-state index is 6.00. The molecule has 1 aliphatic rings. The molecule has 2 heterocycles. The van der Waals surface area contributed by atoms with Gasteiger partial charge in [0.05, 0.1) is 16.6 Å². The highest BCUT2D eigenvalue weighted by Gasteiger charge is 2.20. The largest absolute Gasteiger partial charge is 0.381 e. The number of nitrogens with zero attached hydrogens (tertiary/aromatic N) is 2. The van der Waals surface area contributed by atoms with Gasteiger partial charge >= 0.3 is 0 Å². The molecule has 1 fully saturated rings. The molecule has 94 valence electrons. The van der Waals surface area contributed by atoms with Gasteiger partial charge in [0.15, 0.2) is 0 Å². The smallest absolute Gasteiger partial charge is 0.128 e. The van der Waals surface area contributed by atoms with Crippen LogP contribution in [0, 0.1) is 0 Å². The van der Waals surface area contributed by atoms with E-state index in [-0.39, 0.29) is 0 Å². The van der Waals surface area contributed by atoms with Crippen molar-refractivity contribution in [3.05, 3.63) is 22.8 Å². The van der Waals surface area contributed by atoms with Crippen LogP contribution in [0.1, 0.15) is 18.5 Å². The van der Waals surface area contributed by atoms with Gasteiger partial charge in [-0.25, -0.2) is 4.98 Å². The summed E-state index contributed by atoms with van der Waals surface area (Å²) in [6.07, 6.45) is 2.08. The minimum absolute atomic E-state index is 0.342. The van der Waals surface area contributed by atoms with Gasteiger partial charge in [-0.15, -0.1) is 11.6 Å². The second kappa shape index (κ2) is 5.89. The molecule has 0 amide bonds. The van der Waals surface area contributed by atoms with Gasteiger partial charge < -0.3 is 9.64 Å². The fourth-order valence-corrected chi connectivity index (χ4v) is 2.47. The molecule has 1 aliphatic heterocycles. The Balaban J connectivity index is 2.15. The summed E-state index contributed by atoms with van der Waals surface area (Å²) in [4.78, 5) is 6.68. The Hall–Kier alpha value is -0.510. The molecule has 1 aromatic rings. The molecule has 0 N–H and O–H groups in total. The first-order chi connectivity index (χ1) is 8.22. The maximum absolute atomic E-state index is 6.00. The third-order valence-corrected chi connectivity index (χ3v) is 3.73. The first-order valence-corrected chi connectivity index (χ1v) is 6.65. The molecule has 3 nitrogen and oxygen atoms in total. The van der Waals surface area contributed by atoms with Crippen LogP contribution in [0.25, 0.3) is 0 Å². The lowest BCUT2D eigenvalue weighted by Gasteiger charge is -2.32. The van der Waals surface area contributed by atoms with Gasteiger partial charge in [-0.2, -0.15) is 0 Å². The minimum atomic E-state index is 0.342. The zero-order chi connectivity index (χ0) is 12.3. The van der Waals surface area contributed by atoms with Crippen LogP contribution in [0.5, 0.6) is 0 Å². The van der Waals surface area contributed by atoms with Crippen LogP contribution in [0.3, 0.4) is 0 Å². The summed E-state index contributed by atoms with van der Waals surface area (Å²) in [6, 6.07) is 4.28. The average molecular weight is 275 g/mol. The summed E-state index contributed by atoms with van der Waals surface area (Å²) in [6.45, 7) is 1.65. The summed E-state index contributed by atoms with van der Waals surface area (Å²) < 4.78 is 5.36. The summed E-state index contributed by atoms with van der Waals surface area (Å²) in [5.74, 6) is 1.27. The Morgan fingerprint density at radius 2 is 2.12 bits per heavy atom. The number of pyridine rings is 1. The van der Waals surface area contributed by atoms with Crippen LogP contribution in [0.15, 0.2) is 12.1 Å². The summed E-state index contributed by atoms with van der Waals surface area (Å²) in [5, 5.41) is 0.629. The molecule has 2 rings (SSSR count). The Kier molecular flexibility index (Phi) is 4.48. The summed E-state index contributed by atoms with van der Waals surface area (Å²) in [7, 11) is 2.06. The molecule has 1 saturated heterocycles. The van der Waals surface area contributed by atoms with Crippen molar-refractivity contribution in [2.45, 2.75) is 24.8 Å². The lowest BCUT2D eigenvalue weighted by atomic mass is 10.1. The van der Waals surface area contributed by atoms with Crippen molar-refractivity contribution in [1.29, 1.82) is 0 Å². The third-order valence-electron chi connectivity index (χ3n) is 3.13. The van der Waals surface area contributed by atoms with Crippen LogP contribution in [-0.4, -0.2) is 31.3 Å². The number of alkyl halides is 1. The second-order valence-corrected chi connectivity index (χ2v) is 4.86. The molecular formula is C12H16Cl2N2O. The van der Waals surface area contributed by atoms with E-state index in [1.807, 2.05) is 12.1 Å². The highest BCUT2D eigenvalue weighted by atomic mass is 35.5. The van der Waals surface area contributed by atoms with Crippen LogP contribution >= 0.6 is 23.2 Å². The molecule has 1 aromatic heterocycles. The van der Waals surface area contributed by atoms with Crippen molar-refractivity contribution in [3.8, 4) is 0 Å². The summed E-state index contributed by atoms with van der Waals surface area (Å²) >= 11 is 11.8. The van der Waals surface area contributed by atoms with Gasteiger partial charge in [0, 0.05) is 26.3 Å². The predicted octanol–water partition coefficient (Wildman–Crippen LogP) is 3.09. The van der Waals surface area contributed by atoms with Crippen molar-refractivity contribution in [2.24, 2.45) is 0 Å². The van der Waals surface area contributed by atoms with Gasteiger partial charge in [0.2, 0.25) is 0 Å². The lowest BCUT2D eigenvalue weighted by Crippen LogP contribution is -2.37. The Morgan fingerprint density at radius 1 is 1.41 bits per heavy atom. The number of anilines is 1. The van der Waals surface area contributed by atoms with Gasteiger partial charge in [0.1, 0.15) is 5.82 Å². The molecule has 0 unspecified atom stereocenters. The molecule has 0 aromatic carbocycles. The van der Waals surface area contributed by atoms with E-state index in [1.165, 1.54) is 0 Å². The van der Waals surface area contributed by atoms with Crippen molar-refractivity contribution < 1.29 is 4.74 Å². The van der Waals surface area contributed by atoms with E-state index in [4.69, 9.17) is 27.9 Å². The van der Waals surface area contributed by atoms with Crippen molar-refractivity contribution in [2.75, 3.05) is 25.2 Å². The lowest BCUT2D eigenvalue weighted by molar-refractivity contribution is 0.0853. The van der Waals surface area contributed by atoms with Crippen LogP contribution in [0.2, 0.25) is 5.02 Å². The molecular weight excluding hydrogens is 259 g/mol. The number of ether oxygens (including phenoxy) is 1. The van der Waals surface area contributed by atoms with Gasteiger partial charge in [0.25, 0.3) is 0 Å². The van der Waals surface area contributed by atoms with E-state index in [9.17, 15) is 0 Å². The average Bonchev–Trinajstić information content (AvgIpc) is 2.39. The number of hydrogen-bond donors (Lipinski definition) is 0. The van der Waals surface area contributed by atoms with Gasteiger partial charge in [-0.05, 0) is 25.0 Å². The van der Waals surface area contributed by atoms with Crippen molar-refractivity contribution in [1.82, 2.24) is 4.98 Å². The zero-order valence-electron chi connectivity index (χ0n) is 9.83. The molecule has 5 heteroatoms. The van der Waals surface area contributed by atoms with E-state index in [0.717, 1.165) is 37.6 Å². The topological polar surface area (TPSA) is 25.4 Å². The van der Waals surface area contributed by atoms with E-state index >= 15 is 0 Å². The zero-order valence-corrected chi connectivity index (χ0v) is 11.3. The van der Waals surface area contributed by atoms with Crippen molar-refractivity contribution >= 4 is 29.0 Å². The molecule has 0 bridgehead atoms. The quantitative estimate of drug-likeness (QED) is 0.793. The SMILES string of the molecule is CN(c1ccc(Cl)c(CCl)n1)C1CCOCC1. The normalized spacial score (nSPS) is 17.1. The molecule has 17 heavy (non-hydrogen) atoms. The fraction of sp³-hybridized carbons (Fsp3) is 0.583. The Morgan fingerprint density at radius 3 is 2.76 bits per heavy atom. The van der Waals surface area contributed by atoms with Crippen LogP contribution < -0.4 is 4.90 Å². The van der Waals surface area contributed by atoms with Crippen LogP contribution in [0.4, 0.5) is 5.82 Å². The van der Waals surface area contributed by atoms with E-state index in [1.54, 1.807) is 0 Å². The Labute approximate surface area is 112 Å². The number of halogens is 2. The standard InChI is InChI=1S/C12H16Cl2N2O/c1-16(9-4-6-17-7-5-9)12-3-2-10(14)11(8-13)15-12/h2-3,9H,4-8H2,1H3. The summed E-state index contributed by atoms with van der Waals surface area (Å²) in [5.41, 5.74) is 0.741. The predicted molar refractivity (Wildman–Crippen MR) is 71.0 cm³/mol. The first-order valence-electron chi connectivity index (χ1n) is 5.74. The van der Waals surface area contributed by atoms with Gasteiger partial charge in [-0.1, -0.05) is 11.6 Å². The second-order valence-electron chi connectivity index (χ2n) is 4.19. The van der Waals surface area contributed by atoms with Crippen molar-refractivity contribution in [3.63, 3.8) is 0 Å². The third kappa shape index (κ3) is 3.03. The molecule has 0 aliphatic carbocycles. The van der Waals surface area contributed by atoms with E-state index < -0.39 is 0 Å². The monoisotopic (exact) mass is 274 g/mol. The molecule has 0 radical (unpaired) electrons. The highest BCUT2D eigenvalue weighted by molar-refractivity contribution is 6.32. The fourth-order valence-electron chi connectivity index (χ4n) is 2.02. The number of hydrogen-bond acceptors (Lipinski definition) is 3.